The zero-order chi connectivity index (χ0) is 21.7. The maximum Gasteiger partial charge on any atom is 0.262 e. The average molecular weight is 432 g/mol. The van der Waals surface area contributed by atoms with Gasteiger partial charge in [-0.2, -0.15) is 0 Å². The van der Waals surface area contributed by atoms with Gasteiger partial charge in [-0.1, -0.05) is 12.1 Å². The van der Waals surface area contributed by atoms with Gasteiger partial charge in [-0.3, -0.25) is 14.4 Å². The molecule has 1 fully saturated rings. The molecule has 0 aliphatic carbocycles. The highest BCUT2D eigenvalue weighted by Gasteiger charge is 2.34. The van der Waals surface area contributed by atoms with E-state index in [9.17, 15) is 18.8 Å². The van der Waals surface area contributed by atoms with Crippen molar-refractivity contribution in [3.63, 3.8) is 0 Å². The molecule has 3 rings (SSSR count). The summed E-state index contributed by atoms with van der Waals surface area (Å²) in [6.07, 6.45) is 1.14. The van der Waals surface area contributed by atoms with Gasteiger partial charge in [0.15, 0.2) is 0 Å². The van der Waals surface area contributed by atoms with Gasteiger partial charge in [0.1, 0.15) is 11.9 Å². The Balaban J connectivity index is 1.67. The number of piperidine rings is 1. The topological polar surface area (TPSA) is 78.5 Å². The Morgan fingerprint density at radius 2 is 1.83 bits per heavy atom. The number of thiophene rings is 1. The van der Waals surface area contributed by atoms with Gasteiger partial charge >= 0.3 is 0 Å². The summed E-state index contributed by atoms with van der Waals surface area (Å²) in [5.74, 6) is -1.25. The van der Waals surface area contributed by atoms with Gasteiger partial charge in [-0.15, -0.1) is 11.3 Å². The maximum absolute atomic E-state index is 13.4. The lowest BCUT2D eigenvalue weighted by molar-refractivity contribution is -0.125. The highest BCUT2D eigenvalue weighted by Crippen LogP contribution is 2.23. The number of nitrogens with one attached hydrogen (secondary N) is 2. The van der Waals surface area contributed by atoms with E-state index in [4.69, 9.17) is 0 Å². The number of amides is 3. The van der Waals surface area contributed by atoms with E-state index in [0.717, 1.165) is 0 Å². The molecule has 1 aromatic carbocycles. The molecule has 2 N–H and O–H groups in total. The van der Waals surface area contributed by atoms with Crippen LogP contribution in [0.3, 0.4) is 0 Å². The van der Waals surface area contributed by atoms with Crippen molar-refractivity contribution in [2.75, 3.05) is 13.1 Å². The van der Waals surface area contributed by atoms with E-state index in [0.29, 0.717) is 36.4 Å². The predicted octanol–water partition coefficient (Wildman–Crippen LogP) is 3.06. The lowest BCUT2D eigenvalue weighted by atomic mass is 9.88. The first-order chi connectivity index (χ1) is 14.3. The Morgan fingerprint density at radius 1 is 1.10 bits per heavy atom. The predicted molar refractivity (Wildman–Crippen MR) is 114 cm³/mol. The van der Waals surface area contributed by atoms with Crippen LogP contribution in [0.15, 0.2) is 41.8 Å². The summed E-state index contributed by atoms with van der Waals surface area (Å²) in [5.41, 5.74) is 0.313. The molecule has 0 spiro atoms. The monoisotopic (exact) mass is 431 g/mol. The first-order valence-electron chi connectivity index (χ1n) is 10.0. The minimum Gasteiger partial charge on any atom is -0.352 e. The van der Waals surface area contributed by atoms with Crippen molar-refractivity contribution in [2.45, 2.75) is 38.8 Å². The first-order valence-corrected chi connectivity index (χ1v) is 10.9. The van der Waals surface area contributed by atoms with Crippen molar-refractivity contribution in [2.24, 2.45) is 5.92 Å². The van der Waals surface area contributed by atoms with Crippen LogP contribution < -0.4 is 10.6 Å². The largest absolute Gasteiger partial charge is 0.352 e. The Hall–Kier alpha value is -2.74. The van der Waals surface area contributed by atoms with E-state index in [1.54, 1.807) is 23.1 Å². The Morgan fingerprint density at radius 3 is 2.43 bits per heavy atom. The molecule has 0 unspecified atom stereocenters. The van der Waals surface area contributed by atoms with Gasteiger partial charge in [0.05, 0.1) is 4.88 Å². The Labute approximate surface area is 179 Å². The number of halogens is 1. The third-order valence-corrected chi connectivity index (χ3v) is 5.98. The highest BCUT2D eigenvalue weighted by atomic mass is 32.1. The number of benzene rings is 1. The van der Waals surface area contributed by atoms with Gasteiger partial charge in [0, 0.05) is 24.7 Å². The second kappa shape index (κ2) is 9.84. The molecule has 3 amide bonds. The van der Waals surface area contributed by atoms with Gasteiger partial charge < -0.3 is 15.5 Å². The molecular formula is C22H26FN3O3S. The van der Waals surface area contributed by atoms with Crippen molar-refractivity contribution >= 4 is 29.1 Å². The summed E-state index contributed by atoms with van der Waals surface area (Å²) in [7, 11) is 0. The minimum atomic E-state index is -0.673. The van der Waals surface area contributed by atoms with E-state index in [1.807, 2.05) is 19.2 Å². The van der Waals surface area contributed by atoms with E-state index in [2.05, 4.69) is 10.6 Å². The van der Waals surface area contributed by atoms with E-state index < -0.39 is 11.9 Å². The lowest BCUT2D eigenvalue weighted by Crippen LogP contribution is -2.54. The van der Waals surface area contributed by atoms with Crippen LogP contribution in [-0.2, 0) is 4.79 Å². The molecule has 160 valence electrons. The van der Waals surface area contributed by atoms with Crippen molar-refractivity contribution in [1.82, 2.24) is 15.5 Å². The van der Waals surface area contributed by atoms with Crippen LogP contribution in [0.5, 0.6) is 0 Å². The summed E-state index contributed by atoms with van der Waals surface area (Å²) < 4.78 is 13.4. The molecule has 1 saturated heterocycles. The maximum atomic E-state index is 13.4. The van der Waals surface area contributed by atoms with Crippen LogP contribution in [0.2, 0.25) is 0 Å². The molecule has 0 radical (unpaired) electrons. The zero-order valence-electron chi connectivity index (χ0n) is 17.1. The number of carbonyl (C=O) groups excluding carboxylic acids is 3. The van der Waals surface area contributed by atoms with E-state index >= 15 is 0 Å². The number of nitrogens with zero attached hydrogens (tertiary/aromatic N) is 1. The molecule has 6 nitrogen and oxygen atoms in total. The number of carbonyl (C=O) groups is 3. The average Bonchev–Trinajstić information content (AvgIpc) is 3.26. The lowest BCUT2D eigenvalue weighted by Gasteiger charge is -2.36. The Kier molecular flexibility index (Phi) is 7.20. The molecule has 1 atom stereocenters. The molecular weight excluding hydrogens is 405 g/mol. The van der Waals surface area contributed by atoms with Gasteiger partial charge in [-0.25, -0.2) is 4.39 Å². The number of likely N-dealkylation sites (tertiary alicyclic amines) is 1. The van der Waals surface area contributed by atoms with E-state index in [1.165, 1.54) is 29.5 Å². The molecule has 0 saturated carbocycles. The van der Waals surface area contributed by atoms with Crippen LogP contribution in [-0.4, -0.2) is 47.8 Å². The minimum absolute atomic E-state index is 0.0479. The second-order valence-corrected chi connectivity index (χ2v) is 8.68. The third kappa shape index (κ3) is 5.44. The number of hydrogen-bond acceptors (Lipinski definition) is 4. The summed E-state index contributed by atoms with van der Waals surface area (Å²) in [6.45, 7) is 4.63. The molecule has 2 heterocycles. The van der Waals surface area contributed by atoms with Crippen LogP contribution in [0.1, 0.15) is 46.7 Å². The van der Waals surface area contributed by atoms with Gasteiger partial charge in [0.25, 0.3) is 11.8 Å². The molecule has 1 aromatic heterocycles. The SMILES string of the molecule is CC(C)NC(=O)[C@H](NC(=O)c1cccs1)C1CCN(C(=O)c2cccc(F)c2)CC1. The number of rotatable bonds is 6. The third-order valence-electron chi connectivity index (χ3n) is 5.11. The molecule has 2 aromatic rings. The van der Waals surface area contributed by atoms with Crippen LogP contribution in [0.4, 0.5) is 4.39 Å². The fourth-order valence-electron chi connectivity index (χ4n) is 3.63. The summed E-state index contributed by atoms with van der Waals surface area (Å²) in [6, 6.07) is 8.43. The number of hydrogen-bond donors (Lipinski definition) is 2. The van der Waals surface area contributed by atoms with E-state index in [-0.39, 0.29) is 29.7 Å². The van der Waals surface area contributed by atoms with Crippen molar-refractivity contribution < 1.29 is 18.8 Å². The fourth-order valence-corrected chi connectivity index (χ4v) is 4.26. The van der Waals surface area contributed by atoms with Crippen LogP contribution in [0.25, 0.3) is 0 Å². The standard InChI is InChI=1S/C22H26FN3O3S/c1-14(2)24-21(28)19(25-20(27)18-7-4-12-30-18)15-8-10-26(11-9-15)22(29)16-5-3-6-17(23)13-16/h3-7,12-15,19H,8-11H2,1-2H3,(H,24,28)(H,25,27)/t19-/m1/s1. The Bertz CT molecular complexity index is 893. The van der Waals surface area contributed by atoms with Crippen molar-refractivity contribution in [3.05, 3.63) is 58.0 Å². The molecule has 30 heavy (non-hydrogen) atoms. The molecule has 1 aliphatic heterocycles. The molecule has 8 heteroatoms. The zero-order valence-corrected chi connectivity index (χ0v) is 17.9. The van der Waals surface area contributed by atoms with Gasteiger partial charge in [-0.05, 0) is 62.3 Å². The summed E-state index contributed by atoms with van der Waals surface area (Å²) in [4.78, 5) is 40.2. The smallest absolute Gasteiger partial charge is 0.262 e. The molecule has 0 bridgehead atoms. The quantitative estimate of drug-likeness (QED) is 0.738. The first kappa shape index (κ1) is 22.0. The van der Waals surface area contributed by atoms with Gasteiger partial charge in [0.2, 0.25) is 5.91 Å². The second-order valence-electron chi connectivity index (χ2n) is 7.73. The fraction of sp³-hybridized carbons (Fsp3) is 0.409. The molecule has 1 aliphatic rings. The summed E-state index contributed by atoms with van der Waals surface area (Å²) >= 11 is 1.32. The van der Waals surface area contributed by atoms with Crippen LogP contribution >= 0.6 is 11.3 Å². The van der Waals surface area contributed by atoms with Crippen molar-refractivity contribution in [1.29, 1.82) is 0 Å². The highest BCUT2D eigenvalue weighted by molar-refractivity contribution is 7.12. The van der Waals surface area contributed by atoms with Crippen molar-refractivity contribution in [3.8, 4) is 0 Å². The normalized spacial score (nSPS) is 15.7. The summed E-state index contributed by atoms with van der Waals surface area (Å²) in [5, 5.41) is 7.58. The van der Waals surface area contributed by atoms with Crippen LogP contribution in [0, 0.1) is 11.7 Å².